The number of benzene rings is 1. The van der Waals surface area contributed by atoms with Crippen molar-refractivity contribution in [2.24, 2.45) is 0 Å². The van der Waals surface area contributed by atoms with Crippen LogP contribution in [0.1, 0.15) is 32.9 Å². The summed E-state index contributed by atoms with van der Waals surface area (Å²) >= 11 is 6.14. The first-order valence-corrected chi connectivity index (χ1v) is 9.65. The summed E-state index contributed by atoms with van der Waals surface area (Å²) in [4.78, 5) is 21.2. The van der Waals surface area contributed by atoms with Gasteiger partial charge in [-0.1, -0.05) is 17.7 Å². The van der Waals surface area contributed by atoms with Crippen LogP contribution < -0.4 is 4.74 Å². The molecule has 0 spiro atoms. The molecule has 1 aromatic carbocycles. The predicted molar refractivity (Wildman–Crippen MR) is 111 cm³/mol. The Labute approximate surface area is 177 Å². The normalized spacial score (nSPS) is 11.1. The van der Waals surface area contributed by atoms with Crippen molar-refractivity contribution in [2.45, 2.75) is 26.9 Å². The SMILES string of the molecule is Cc1ccc(COc2ccc(Cl)c(C(=O)Cc3cnc4n[nH]c(C)c4c3)c2F)cn1. The number of halogens is 2. The summed E-state index contributed by atoms with van der Waals surface area (Å²) in [6, 6.07) is 8.39. The first-order chi connectivity index (χ1) is 14.4. The molecule has 0 unspecified atom stereocenters. The minimum atomic E-state index is -0.777. The summed E-state index contributed by atoms with van der Waals surface area (Å²) < 4.78 is 20.6. The van der Waals surface area contributed by atoms with Crippen LogP contribution in [0.2, 0.25) is 5.02 Å². The van der Waals surface area contributed by atoms with E-state index in [0.717, 1.165) is 22.3 Å². The highest BCUT2D eigenvalue weighted by atomic mass is 35.5. The summed E-state index contributed by atoms with van der Waals surface area (Å²) in [6.45, 7) is 3.87. The van der Waals surface area contributed by atoms with Crippen LogP contribution >= 0.6 is 11.6 Å². The van der Waals surface area contributed by atoms with Gasteiger partial charge in [0.15, 0.2) is 23.0 Å². The highest BCUT2D eigenvalue weighted by molar-refractivity contribution is 6.34. The molecule has 4 rings (SSSR count). The van der Waals surface area contributed by atoms with Crippen LogP contribution in [0.5, 0.6) is 5.75 Å². The van der Waals surface area contributed by atoms with Crippen molar-refractivity contribution in [3.05, 3.63) is 81.6 Å². The molecule has 0 saturated heterocycles. The Hall–Kier alpha value is -3.32. The highest BCUT2D eigenvalue weighted by Gasteiger charge is 2.21. The van der Waals surface area contributed by atoms with E-state index in [9.17, 15) is 4.79 Å². The van der Waals surface area contributed by atoms with E-state index in [0.29, 0.717) is 11.2 Å². The van der Waals surface area contributed by atoms with Gasteiger partial charge in [-0.05, 0) is 43.7 Å². The number of hydrogen-bond donors (Lipinski definition) is 1. The van der Waals surface area contributed by atoms with Gasteiger partial charge in [0.05, 0.1) is 10.6 Å². The number of aromatic amines is 1. The summed E-state index contributed by atoms with van der Waals surface area (Å²) in [5.74, 6) is -1.27. The smallest absolute Gasteiger partial charge is 0.181 e. The number of ketones is 1. The molecule has 0 aliphatic rings. The summed E-state index contributed by atoms with van der Waals surface area (Å²) in [6.07, 6.45) is 3.17. The van der Waals surface area contributed by atoms with Crippen LogP contribution in [0.3, 0.4) is 0 Å². The maximum absolute atomic E-state index is 15.0. The van der Waals surface area contributed by atoms with Crippen molar-refractivity contribution in [1.29, 1.82) is 0 Å². The van der Waals surface area contributed by atoms with Crippen molar-refractivity contribution < 1.29 is 13.9 Å². The van der Waals surface area contributed by atoms with Gasteiger partial charge in [0.1, 0.15) is 6.61 Å². The molecule has 1 N–H and O–H groups in total. The lowest BCUT2D eigenvalue weighted by atomic mass is 10.0. The van der Waals surface area contributed by atoms with E-state index in [1.54, 1.807) is 12.4 Å². The van der Waals surface area contributed by atoms with Crippen LogP contribution in [0.15, 0.2) is 42.7 Å². The number of hydrogen-bond acceptors (Lipinski definition) is 5. The van der Waals surface area contributed by atoms with Crippen molar-refractivity contribution >= 4 is 28.4 Å². The van der Waals surface area contributed by atoms with Gasteiger partial charge in [0.25, 0.3) is 0 Å². The lowest BCUT2D eigenvalue weighted by molar-refractivity contribution is 0.0988. The number of H-pyrrole nitrogens is 1. The van der Waals surface area contributed by atoms with Gasteiger partial charge in [-0.3, -0.25) is 14.9 Å². The second kappa shape index (κ2) is 8.20. The molecule has 152 valence electrons. The fourth-order valence-corrected chi connectivity index (χ4v) is 3.33. The molecule has 30 heavy (non-hydrogen) atoms. The molecule has 0 saturated carbocycles. The molecule has 0 aliphatic heterocycles. The van der Waals surface area contributed by atoms with Gasteiger partial charge in [0.2, 0.25) is 0 Å². The number of nitrogens with zero attached hydrogens (tertiary/aromatic N) is 3. The number of aromatic nitrogens is 4. The van der Waals surface area contributed by atoms with Gasteiger partial charge in [-0.25, -0.2) is 9.37 Å². The number of carbonyl (C=O) groups is 1. The average molecular weight is 425 g/mol. The number of pyridine rings is 2. The Balaban J connectivity index is 1.56. The van der Waals surface area contributed by atoms with Crippen LogP contribution in [0.25, 0.3) is 11.0 Å². The van der Waals surface area contributed by atoms with E-state index >= 15 is 4.39 Å². The second-order valence-corrected chi connectivity index (χ2v) is 7.40. The fraction of sp³-hybridized carbons (Fsp3) is 0.182. The lowest BCUT2D eigenvalue weighted by Crippen LogP contribution is -2.09. The Morgan fingerprint density at radius 3 is 2.70 bits per heavy atom. The van der Waals surface area contributed by atoms with Gasteiger partial charge >= 0.3 is 0 Å². The molecule has 0 aliphatic carbocycles. The van der Waals surface area contributed by atoms with E-state index in [-0.39, 0.29) is 29.4 Å². The number of fused-ring (bicyclic) bond motifs is 1. The zero-order valence-electron chi connectivity index (χ0n) is 16.4. The van der Waals surface area contributed by atoms with Crippen molar-refractivity contribution in [1.82, 2.24) is 20.2 Å². The highest BCUT2D eigenvalue weighted by Crippen LogP contribution is 2.29. The third-order valence-electron chi connectivity index (χ3n) is 4.72. The second-order valence-electron chi connectivity index (χ2n) is 6.99. The minimum absolute atomic E-state index is 0.0374. The van der Waals surface area contributed by atoms with Crippen molar-refractivity contribution in [3.8, 4) is 5.75 Å². The van der Waals surface area contributed by atoms with Crippen LogP contribution in [0, 0.1) is 19.7 Å². The van der Waals surface area contributed by atoms with E-state index in [2.05, 4.69) is 20.2 Å². The molecule has 4 aromatic rings. The first kappa shape index (κ1) is 20.0. The van der Waals surface area contributed by atoms with Crippen molar-refractivity contribution in [3.63, 3.8) is 0 Å². The third-order valence-corrected chi connectivity index (χ3v) is 5.04. The molecular formula is C22H18ClFN4O2. The van der Waals surface area contributed by atoms with Gasteiger partial charge in [-0.15, -0.1) is 0 Å². The monoisotopic (exact) mass is 424 g/mol. The van der Waals surface area contributed by atoms with E-state index in [1.807, 2.05) is 32.0 Å². The number of aryl methyl sites for hydroxylation is 2. The molecule has 0 atom stereocenters. The van der Waals surface area contributed by atoms with Crippen LogP contribution in [-0.4, -0.2) is 25.9 Å². The molecule has 3 heterocycles. The average Bonchev–Trinajstić information content (AvgIpc) is 3.09. The van der Waals surface area contributed by atoms with E-state index in [4.69, 9.17) is 16.3 Å². The third kappa shape index (κ3) is 4.02. The summed E-state index contributed by atoms with van der Waals surface area (Å²) in [5, 5.41) is 7.76. The topological polar surface area (TPSA) is 80.8 Å². The number of ether oxygens (including phenoxy) is 1. The molecule has 8 heteroatoms. The molecule has 0 amide bonds. The largest absolute Gasteiger partial charge is 0.486 e. The zero-order valence-corrected chi connectivity index (χ0v) is 17.1. The van der Waals surface area contributed by atoms with Gasteiger partial charge in [0, 0.05) is 41.2 Å². The molecule has 0 radical (unpaired) electrons. The maximum Gasteiger partial charge on any atom is 0.181 e. The van der Waals surface area contributed by atoms with E-state index in [1.165, 1.54) is 12.1 Å². The molecule has 3 aromatic heterocycles. The van der Waals surface area contributed by atoms with Crippen LogP contribution in [0.4, 0.5) is 4.39 Å². The summed E-state index contributed by atoms with van der Waals surface area (Å²) in [7, 11) is 0. The Bertz CT molecular complexity index is 1240. The Morgan fingerprint density at radius 1 is 1.13 bits per heavy atom. The number of nitrogens with one attached hydrogen (secondary N) is 1. The molecular weight excluding hydrogens is 407 g/mol. The van der Waals surface area contributed by atoms with Gasteiger partial charge in [-0.2, -0.15) is 5.10 Å². The first-order valence-electron chi connectivity index (χ1n) is 9.27. The number of carbonyl (C=O) groups excluding carboxylic acids is 1. The van der Waals surface area contributed by atoms with Crippen molar-refractivity contribution in [2.75, 3.05) is 0 Å². The van der Waals surface area contributed by atoms with Gasteiger partial charge < -0.3 is 4.74 Å². The standard InChI is InChI=1S/C22H18ClFN4O2/c1-12-3-4-14(9-25-12)11-30-19-6-5-17(23)20(21(19)24)18(29)8-15-7-16-13(2)27-28-22(16)26-10-15/h3-7,9-10H,8,11H2,1-2H3,(H,26,27,28). The predicted octanol–water partition coefficient (Wildman–Crippen LogP) is 4.77. The molecule has 0 bridgehead atoms. The Morgan fingerprint density at radius 2 is 1.93 bits per heavy atom. The maximum atomic E-state index is 15.0. The van der Waals surface area contributed by atoms with Crippen LogP contribution in [-0.2, 0) is 13.0 Å². The molecule has 6 nitrogen and oxygen atoms in total. The summed E-state index contributed by atoms with van der Waals surface area (Å²) in [5.41, 5.74) is 3.52. The lowest BCUT2D eigenvalue weighted by Gasteiger charge is -2.11. The quantitative estimate of drug-likeness (QED) is 0.451. The number of Topliss-reactive ketones (excluding diaryl/α,β-unsaturated/α-hetero) is 1. The fourth-order valence-electron chi connectivity index (χ4n) is 3.08. The zero-order chi connectivity index (χ0) is 21.3. The minimum Gasteiger partial charge on any atom is -0.486 e. The van der Waals surface area contributed by atoms with E-state index < -0.39 is 11.6 Å². The number of rotatable bonds is 6. The Kier molecular flexibility index (Phi) is 5.46. The molecule has 0 fully saturated rings.